The Kier molecular flexibility index (Phi) is 1.99. The molecule has 11 heavy (non-hydrogen) atoms. The van der Waals surface area contributed by atoms with E-state index >= 15 is 0 Å². The zero-order valence-corrected chi connectivity index (χ0v) is 8.55. The first kappa shape index (κ1) is 8.98. The summed E-state index contributed by atoms with van der Waals surface area (Å²) in [5.74, 6) is 0. The molecule has 0 aromatic heterocycles. The van der Waals surface area contributed by atoms with Gasteiger partial charge in [0.05, 0.1) is 6.61 Å². The van der Waals surface area contributed by atoms with Crippen molar-refractivity contribution in [2.45, 2.75) is 34.1 Å². The minimum Gasteiger partial charge on any atom is -0.486 e. The van der Waals surface area contributed by atoms with Gasteiger partial charge in [-0.1, -0.05) is 27.7 Å². The number of hydrogen-bond donors (Lipinski definition) is 0. The van der Waals surface area contributed by atoms with Crippen LogP contribution in [-0.2, 0) is 4.74 Å². The van der Waals surface area contributed by atoms with Gasteiger partial charge in [0.15, 0.2) is 5.05 Å². The van der Waals surface area contributed by atoms with Crippen molar-refractivity contribution in [3.05, 3.63) is 0 Å². The summed E-state index contributed by atoms with van der Waals surface area (Å²) in [6.07, 6.45) is 1.06. The van der Waals surface area contributed by atoms with E-state index in [2.05, 4.69) is 27.7 Å². The van der Waals surface area contributed by atoms with E-state index in [-0.39, 0.29) is 10.8 Å². The number of ether oxygens (including phenoxy) is 1. The van der Waals surface area contributed by atoms with Crippen LogP contribution in [0.2, 0.25) is 0 Å². The maximum Gasteiger partial charge on any atom is 0.166 e. The van der Waals surface area contributed by atoms with Gasteiger partial charge in [0.25, 0.3) is 0 Å². The Morgan fingerprint density at radius 2 is 2.00 bits per heavy atom. The lowest BCUT2D eigenvalue weighted by Crippen LogP contribution is -2.35. The van der Waals surface area contributed by atoms with E-state index in [0.29, 0.717) is 0 Å². The molecule has 0 aromatic rings. The predicted octanol–water partition coefficient (Wildman–Crippen LogP) is 2.79. The summed E-state index contributed by atoms with van der Waals surface area (Å²) < 4.78 is 5.33. The molecule has 2 heteroatoms. The average molecular weight is 172 g/mol. The monoisotopic (exact) mass is 172 g/mol. The molecule has 1 nitrogen and oxygen atoms in total. The molecule has 0 saturated carbocycles. The first-order chi connectivity index (χ1) is 4.88. The van der Waals surface area contributed by atoms with Crippen LogP contribution < -0.4 is 0 Å². The molecule has 1 saturated heterocycles. The molecule has 0 amide bonds. The summed E-state index contributed by atoms with van der Waals surface area (Å²) in [4.78, 5) is 0. The minimum atomic E-state index is 0.0995. The Morgan fingerprint density at radius 1 is 1.45 bits per heavy atom. The van der Waals surface area contributed by atoms with Crippen LogP contribution in [0.15, 0.2) is 0 Å². The fourth-order valence-corrected chi connectivity index (χ4v) is 1.78. The third-order valence-corrected chi connectivity index (χ3v) is 3.51. The highest BCUT2D eigenvalue weighted by Gasteiger charge is 2.45. The zero-order valence-electron chi connectivity index (χ0n) is 7.73. The number of hydrogen-bond acceptors (Lipinski definition) is 2. The third kappa shape index (κ3) is 1.28. The van der Waals surface area contributed by atoms with Crippen LogP contribution in [0.3, 0.4) is 0 Å². The molecule has 0 radical (unpaired) electrons. The van der Waals surface area contributed by atoms with Gasteiger partial charge in [0.2, 0.25) is 0 Å². The highest BCUT2D eigenvalue weighted by molar-refractivity contribution is 7.80. The average Bonchev–Trinajstić information content (AvgIpc) is 2.12. The first-order valence-corrected chi connectivity index (χ1v) is 4.46. The Bertz CT molecular complexity index is 180. The van der Waals surface area contributed by atoms with Crippen LogP contribution in [0, 0.1) is 10.8 Å². The van der Waals surface area contributed by atoms with E-state index in [4.69, 9.17) is 17.0 Å². The summed E-state index contributed by atoms with van der Waals surface area (Å²) in [5, 5.41) is 0.796. The van der Waals surface area contributed by atoms with Crippen molar-refractivity contribution in [2.75, 3.05) is 6.61 Å². The molecule has 0 bridgehead atoms. The smallest absolute Gasteiger partial charge is 0.166 e. The lowest BCUT2D eigenvalue weighted by molar-refractivity contribution is 0.198. The van der Waals surface area contributed by atoms with Gasteiger partial charge in [0, 0.05) is 5.41 Å². The van der Waals surface area contributed by atoms with Gasteiger partial charge >= 0.3 is 0 Å². The van der Waals surface area contributed by atoms with Gasteiger partial charge in [-0.15, -0.1) is 0 Å². The summed E-state index contributed by atoms with van der Waals surface area (Å²) in [6, 6.07) is 0. The molecule has 1 heterocycles. The van der Waals surface area contributed by atoms with Crippen LogP contribution in [0.25, 0.3) is 0 Å². The lowest BCUT2D eigenvalue weighted by Gasteiger charge is -2.36. The van der Waals surface area contributed by atoms with E-state index < -0.39 is 0 Å². The summed E-state index contributed by atoms with van der Waals surface area (Å²) in [7, 11) is 0. The second-order valence-electron chi connectivity index (χ2n) is 4.47. The van der Waals surface area contributed by atoms with E-state index in [9.17, 15) is 0 Å². The van der Waals surface area contributed by atoms with Gasteiger partial charge in [-0.3, -0.25) is 0 Å². The first-order valence-electron chi connectivity index (χ1n) is 4.05. The van der Waals surface area contributed by atoms with Crippen molar-refractivity contribution in [1.82, 2.24) is 0 Å². The highest BCUT2D eigenvalue weighted by atomic mass is 32.1. The Morgan fingerprint density at radius 3 is 2.18 bits per heavy atom. The van der Waals surface area contributed by atoms with Crippen LogP contribution in [0.4, 0.5) is 0 Å². The summed E-state index contributed by atoms with van der Waals surface area (Å²) >= 11 is 5.18. The third-order valence-electron chi connectivity index (χ3n) is 2.94. The van der Waals surface area contributed by atoms with Gasteiger partial charge in [0.1, 0.15) is 0 Å². The molecule has 1 unspecified atom stereocenters. The van der Waals surface area contributed by atoms with Gasteiger partial charge in [-0.2, -0.15) is 0 Å². The van der Waals surface area contributed by atoms with Gasteiger partial charge in [-0.05, 0) is 24.1 Å². The van der Waals surface area contributed by atoms with Gasteiger partial charge in [-0.25, -0.2) is 0 Å². The van der Waals surface area contributed by atoms with E-state index in [1.807, 2.05) is 0 Å². The highest BCUT2D eigenvalue weighted by Crippen LogP contribution is 2.46. The van der Waals surface area contributed by atoms with Crippen molar-refractivity contribution in [1.29, 1.82) is 0 Å². The molecule has 0 spiro atoms. The largest absolute Gasteiger partial charge is 0.486 e. The molecule has 0 aromatic carbocycles. The fraction of sp³-hybridized carbons (Fsp3) is 0.889. The minimum absolute atomic E-state index is 0.0995. The lowest BCUT2D eigenvalue weighted by atomic mass is 9.67. The molecule has 0 aliphatic carbocycles. The number of rotatable bonds is 0. The predicted molar refractivity (Wildman–Crippen MR) is 50.7 cm³/mol. The Balaban J connectivity index is 2.90. The zero-order chi connectivity index (χ0) is 8.70. The van der Waals surface area contributed by atoms with Crippen LogP contribution in [0.1, 0.15) is 34.1 Å². The maximum atomic E-state index is 5.33. The molecule has 64 valence electrons. The van der Waals surface area contributed by atoms with Crippen LogP contribution in [0.5, 0.6) is 0 Å². The van der Waals surface area contributed by atoms with Crippen molar-refractivity contribution >= 4 is 17.3 Å². The molecule has 1 rings (SSSR count). The molecule has 1 atom stereocenters. The van der Waals surface area contributed by atoms with Crippen molar-refractivity contribution in [3.63, 3.8) is 0 Å². The summed E-state index contributed by atoms with van der Waals surface area (Å²) in [5.41, 5.74) is 0.322. The van der Waals surface area contributed by atoms with E-state index in [1.54, 1.807) is 0 Å². The summed E-state index contributed by atoms with van der Waals surface area (Å²) in [6.45, 7) is 9.64. The quantitative estimate of drug-likeness (QED) is 0.520. The number of thiocarbonyl (C=S) groups is 1. The maximum absolute atomic E-state index is 5.33. The van der Waals surface area contributed by atoms with Crippen LogP contribution in [-0.4, -0.2) is 11.7 Å². The SMILES string of the molecule is CC(C)(C)C1(C)CCOC1=S. The van der Waals surface area contributed by atoms with Crippen molar-refractivity contribution < 1.29 is 4.74 Å². The molecule has 0 N–H and O–H groups in total. The standard InChI is InChI=1S/C9H16OS/c1-8(2,3)9(4)5-6-10-7(9)11/h5-6H2,1-4H3. The van der Waals surface area contributed by atoms with E-state index in [0.717, 1.165) is 18.1 Å². The second-order valence-corrected chi connectivity index (χ2v) is 4.84. The topological polar surface area (TPSA) is 9.23 Å². The van der Waals surface area contributed by atoms with E-state index in [1.165, 1.54) is 0 Å². The molecule has 1 aliphatic heterocycles. The molecular weight excluding hydrogens is 156 g/mol. The Labute approximate surface area is 74.1 Å². The molecule has 1 aliphatic rings. The normalized spacial score (nSPS) is 32.2. The van der Waals surface area contributed by atoms with Crippen molar-refractivity contribution in [3.8, 4) is 0 Å². The fourth-order valence-electron chi connectivity index (χ4n) is 1.29. The molecular formula is C9H16OS. The molecule has 1 fully saturated rings. The van der Waals surface area contributed by atoms with Crippen LogP contribution >= 0.6 is 12.2 Å². The second kappa shape index (κ2) is 2.44. The Hall–Kier alpha value is -0.110. The van der Waals surface area contributed by atoms with Gasteiger partial charge < -0.3 is 4.74 Å². The van der Waals surface area contributed by atoms with Crippen molar-refractivity contribution in [2.24, 2.45) is 10.8 Å².